The number of hydrogen-bond donors (Lipinski definition) is 5. The Morgan fingerprint density at radius 1 is 0.742 bits per heavy atom. The number of alkyl carbamates (subject to hydrolysis) is 2. The molecule has 0 saturated carbocycles. The second kappa shape index (κ2) is 18.6. The Kier molecular flexibility index (Phi) is 12.2. The molecule has 15 heteroatoms. The number of fused-ring (bicyclic) bond motifs is 4. The van der Waals surface area contributed by atoms with E-state index in [9.17, 15) is 19.2 Å². The Labute approximate surface area is 383 Å². The van der Waals surface area contributed by atoms with Gasteiger partial charge in [-0.2, -0.15) is 0 Å². The fourth-order valence-electron chi connectivity index (χ4n) is 10.8. The summed E-state index contributed by atoms with van der Waals surface area (Å²) in [6.45, 7) is 2.83. The quantitative estimate of drug-likeness (QED) is 0.0951. The minimum absolute atomic E-state index is 0.0392. The predicted octanol–water partition coefficient (Wildman–Crippen LogP) is 7.44. The van der Waals surface area contributed by atoms with Gasteiger partial charge in [0.15, 0.2) is 0 Å². The Morgan fingerprint density at radius 3 is 2.17 bits per heavy atom. The van der Waals surface area contributed by atoms with Gasteiger partial charge in [-0.15, -0.1) is 0 Å². The summed E-state index contributed by atoms with van der Waals surface area (Å²) in [5.41, 5.74) is 9.42. The fraction of sp³-hybridized carbons (Fsp3) is 0.412. The third-order valence-corrected chi connectivity index (χ3v) is 14.3. The van der Waals surface area contributed by atoms with Gasteiger partial charge in [0.2, 0.25) is 11.8 Å². The SMILES string of the molecule is COC(=O)N[C@@H](C(=O)N1CCC[C@H]1c1ncc(-c2ccc3cc(-c4ccc5c(c4)CCc4[nH]c([C@@H]6CCCN6C(=O)[C@@H](NC(=O)OC)C6CCNCC6)nc4-5)ccc3c2)[nH]1)C1=CC=CCC1. The topological polar surface area (TPSA) is 187 Å². The summed E-state index contributed by atoms with van der Waals surface area (Å²) in [7, 11) is 2.64. The van der Waals surface area contributed by atoms with Gasteiger partial charge in [0.05, 0.1) is 43.9 Å². The Balaban J connectivity index is 0.839. The lowest BCUT2D eigenvalue weighted by Gasteiger charge is -2.34. The summed E-state index contributed by atoms with van der Waals surface area (Å²) < 4.78 is 9.81. The fourth-order valence-corrected chi connectivity index (χ4v) is 10.8. The van der Waals surface area contributed by atoms with Crippen molar-refractivity contribution in [3.63, 3.8) is 0 Å². The number of nitrogens with zero attached hydrogens (tertiary/aromatic N) is 4. The minimum atomic E-state index is -0.794. The molecule has 4 amide bonds. The molecule has 0 bridgehead atoms. The van der Waals surface area contributed by atoms with E-state index in [1.54, 1.807) is 0 Å². The number of rotatable bonds is 10. The third-order valence-electron chi connectivity index (χ3n) is 14.3. The predicted molar refractivity (Wildman–Crippen MR) is 250 cm³/mol. The molecule has 0 spiro atoms. The van der Waals surface area contributed by atoms with E-state index in [1.807, 2.05) is 28.1 Å². The second-order valence-electron chi connectivity index (χ2n) is 18.1. The smallest absolute Gasteiger partial charge is 0.407 e. The summed E-state index contributed by atoms with van der Waals surface area (Å²) >= 11 is 0. The number of allylic oxidation sites excluding steroid dienone is 3. The van der Waals surface area contributed by atoms with E-state index in [-0.39, 0.29) is 29.8 Å². The largest absolute Gasteiger partial charge is 0.453 e. The van der Waals surface area contributed by atoms with E-state index >= 15 is 0 Å². The number of nitrogens with one attached hydrogen (secondary N) is 5. The lowest BCUT2D eigenvalue weighted by Crippen LogP contribution is -2.54. The zero-order valence-electron chi connectivity index (χ0n) is 37.5. The molecular weight excluding hydrogens is 835 g/mol. The van der Waals surface area contributed by atoms with Crippen LogP contribution in [0.3, 0.4) is 0 Å². The van der Waals surface area contributed by atoms with Crippen LogP contribution in [0.15, 0.2) is 84.6 Å². The first-order chi connectivity index (χ1) is 32.3. The molecule has 2 aliphatic carbocycles. The van der Waals surface area contributed by atoms with Gasteiger partial charge in [-0.25, -0.2) is 19.6 Å². The van der Waals surface area contributed by atoms with Crippen molar-refractivity contribution in [2.45, 2.75) is 88.4 Å². The number of likely N-dealkylation sites (tertiary alicyclic amines) is 2. The molecule has 5 N–H and O–H groups in total. The van der Waals surface area contributed by atoms with Crippen LogP contribution in [0.4, 0.5) is 9.59 Å². The van der Waals surface area contributed by atoms with E-state index in [0.29, 0.717) is 19.5 Å². The number of aryl methyl sites for hydroxylation is 2. The van der Waals surface area contributed by atoms with Crippen LogP contribution >= 0.6 is 0 Å². The number of carbonyl (C=O) groups is 4. The van der Waals surface area contributed by atoms with Crippen molar-refractivity contribution in [2.24, 2.45) is 5.92 Å². The second-order valence-corrected chi connectivity index (χ2v) is 18.1. The lowest BCUT2D eigenvalue weighted by molar-refractivity contribution is -0.136. The van der Waals surface area contributed by atoms with E-state index in [4.69, 9.17) is 19.4 Å². The maximum Gasteiger partial charge on any atom is 0.407 e. The van der Waals surface area contributed by atoms with Gasteiger partial charge >= 0.3 is 12.2 Å². The summed E-state index contributed by atoms with van der Waals surface area (Å²) in [6.07, 6.45) is 14.7. The highest BCUT2D eigenvalue weighted by Crippen LogP contribution is 2.40. The highest BCUT2D eigenvalue weighted by atomic mass is 16.5. The summed E-state index contributed by atoms with van der Waals surface area (Å²) in [6, 6.07) is 17.8. The number of aromatic amines is 2. The number of imidazole rings is 2. The van der Waals surface area contributed by atoms with Crippen molar-refractivity contribution in [3.05, 3.63) is 108 Å². The van der Waals surface area contributed by atoms with Gasteiger partial charge < -0.3 is 45.2 Å². The standard InChI is InChI=1S/C51H57N9O6/c1-65-50(63)57-43(30-8-4-3-5-9-30)48(61)59-24-6-10-41(59)46-53-29-40(55-46)37-15-14-33-26-32(12-13-34(33)28-37)35-16-18-38-36(27-35)17-19-39-45(38)56-47(54-39)42-11-7-25-60(42)49(62)44(58-51(64)66-2)31-20-22-52-23-21-31/h3-4,8,12-16,18,26-29,31,41-44,52H,5-7,9-11,17,19-25H2,1-2H3,(H,53,55)(H,54,56)(H,57,63)(H,58,64)/t41-,42-,43+,44-/m0/s1. The molecule has 342 valence electrons. The van der Waals surface area contributed by atoms with E-state index in [1.165, 1.54) is 19.8 Å². The van der Waals surface area contributed by atoms with Gasteiger partial charge in [0.25, 0.3) is 0 Å². The molecule has 5 heterocycles. The molecule has 10 rings (SSSR count). The molecule has 0 unspecified atom stereocenters. The average molecular weight is 892 g/mol. The van der Waals surface area contributed by atoms with E-state index < -0.39 is 24.3 Å². The first-order valence-corrected chi connectivity index (χ1v) is 23.4. The molecule has 3 aliphatic heterocycles. The van der Waals surface area contributed by atoms with Crippen LogP contribution in [0.5, 0.6) is 0 Å². The van der Waals surface area contributed by atoms with Crippen LogP contribution in [0.25, 0.3) is 44.4 Å². The van der Waals surface area contributed by atoms with Crippen molar-refractivity contribution in [1.82, 2.24) is 45.7 Å². The molecule has 3 aromatic carbocycles. The van der Waals surface area contributed by atoms with Crippen LogP contribution in [-0.4, -0.2) is 106 Å². The number of amides is 4. The highest BCUT2D eigenvalue weighted by Gasteiger charge is 2.41. The lowest BCUT2D eigenvalue weighted by atomic mass is 9.89. The first kappa shape index (κ1) is 43.2. The molecule has 15 nitrogen and oxygen atoms in total. The number of benzene rings is 3. The molecule has 0 radical (unpaired) electrons. The number of piperidine rings is 1. The molecule has 66 heavy (non-hydrogen) atoms. The number of methoxy groups -OCH3 is 2. The van der Waals surface area contributed by atoms with Crippen molar-refractivity contribution in [2.75, 3.05) is 40.4 Å². The van der Waals surface area contributed by atoms with Crippen LogP contribution in [-0.2, 0) is 31.9 Å². The normalized spacial score (nSPS) is 20.3. The number of aromatic nitrogens is 4. The Bertz CT molecular complexity index is 2730. The molecule has 3 saturated heterocycles. The average Bonchev–Trinajstić information content (AvgIpc) is 4.21. The molecule has 2 aromatic heterocycles. The number of H-pyrrole nitrogens is 2. The zero-order valence-corrected chi connectivity index (χ0v) is 37.5. The Morgan fingerprint density at radius 2 is 1.42 bits per heavy atom. The minimum Gasteiger partial charge on any atom is -0.453 e. The van der Waals surface area contributed by atoms with Gasteiger partial charge in [-0.3, -0.25) is 9.59 Å². The zero-order chi connectivity index (χ0) is 45.3. The highest BCUT2D eigenvalue weighted by molar-refractivity contribution is 5.92. The third kappa shape index (κ3) is 8.47. The van der Waals surface area contributed by atoms with Crippen LogP contribution in [0, 0.1) is 5.92 Å². The number of hydrogen-bond acceptors (Lipinski definition) is 9. The van der Waals surface area contributed by atoms with Crippen molar-refractivity contribution in [3.8, 4) is 33.6 Å². The maximum absolute atomic E-state index is 14.2. The molecule has 5 aromatic rings. The maximum atomic E-state index is 14.2. The van der Waals surface area contributed by atoms with Crippen LogP contribution in [0.1, 0.15) is 86.4 Å². The van der Waals surface area contributed by atoms with Gasteiger partial charge in [0.1, 0.15) is 23.7 Å². The molecule has 3 fully saturated rings. The van der Waals surface area contributed by atoms with Crippen LogP contribution < -0.4 is 16.0 Å². The Hall–Kier alpha value is -6.74. The van der Waals surface area contributed by atoms with Gasteiger partial charge in [-0.1, -0.05) is 60.7 Å². The van der Waals surface area contributed by atoms with Gasteiger partial charge in [0, 0.05) is 29.9 Å². The molecular formula is C51H57N9O6. The number of ether oxygens (including phenoxy) is 2. The number of carbonyl (C=O) groups excluding carboxylic acids is 4. The first-order valence-electron chi connectivity index (χ1n) is 23.4. The summed E-state index contributed by atoms with van der Waals surface area (Å²) in [4.78, 5) is 73.8. The van der Waals surface area contributed by atoms with E-state index in [0.717, 1.165) is 138 Å². The summed E-state index contributed by atoms with van der Waals surface area (Å²) in [5.74, 6) is 1.36. The van der Waals surface area contributed by atoms with E-state index in [2.05, 4.69) is 86.6 Å². The monoisotopic (exact) mass is 891 g/mol. The summed E-state index contributed by atoms with van der Waals surface area (Å²) in [5, 5.41) is 11.2. The van der Waals surface area contributed by atoms with Crippen molar-refractivity contribution < 1.29 is 28.7 Å². The van der Waals surface area contributed by atoms with Crippen molar-refractivity contribution >= 4 is 34.8 Å². The molecule has 4 atom stereocenters. The molecule has 5 aliphatic rings. The van der Waals surface area contributed by atoms with Gasteiger partial charge in [-0.05, 0) is 128 Å². The van der Waals surface area contributed by atoms with Crippen LogP contribution in [0.2, 0.25) is 0 Å². The van der Waals surface area contributed by atoms with Crippen molar-refractivity contribution in [1.29, 1.82) is 0 Å².